The molecule has 0 radical (unpaired) electrons. The molecule has 0 spiro atoms. The largest absolute Gasteiger partial charge is 0.392 e. The molecule has 4 nitrogen and oxygen atoms in total. The van der Waals surface area contributed by atoms with Crippen molar-refractivity contribution in [3.05, 3.63) is 35.9 Å². The molecule has 22 heavy (non-hydrogen) atoms. The van der Waals surface area contributed by atoms with Crippen molar-refractivity contribution >= 4 is 28.5 Å². The van der Waals surface area contributed by atoms with Gasteiger partial charge in [-0.25, -0.2) is 4.98 Å². The van der Waals surface area contributed by atoms with Crippen molar-refractivity contribution in [2.45, 2.75) is 37.2 Å². The zero-order chi connectivity index (χ0) is 15.6. The van der Waals surface area contributed by atoms with Gasteiger partial charge in [0.2, 0.25) is 0 Å². The summed E-state index contributed by atoms with van der Waals surface area (Å²) >= 11 is 1.81. The molecule has 1 fully saturated rings. The van der Waals surface area contributed by atoms with Crippen LogP contribution in [0.25, 0.3) is 10.9 Å². The van der Waals surface area contributed by atoms with Crippen molar-refractivity contribution in [1.29, 1.82) is 0 Å². The van der Waals surface area contributed by atoms with E-state index in [4.69, 9.17) is 0 Å². The first-order valence-corrected chi connectivity index (χ1v) is 8.78. The van der Waals surface area contributed by atoms with Gasteiger partial charge in [0.05, 0.1) is 17.7 Å². The fourth-order valence-electron chi connectivity index (χ4n) is 2.91. The average Bonchev–Trinajstić information content (AvgIpc) is 2.55. The molecule has 1 aliphatic rings. The van der Waals surface area contributed by atoms with Crippen LogP contribution in [0, 0.1) is 0 Å². The van der Waals surface area contributed by atoms with Crippen molar-refractivity contribution < 1.29 is 10.2 Å². The van der Waals surface area contributed by atoms with Crippen molar-refractivity contribution in [3.63, 3.8) is 0 Å². The van der Waals surface area contributed by atoms with Crippen LogP contribution in [0.15, 0.2) is 30.3 Å². The zero-order valence-corrected chi connectivity index (χ0v) is 13.6. The molecule has 118 valence electrons. The van der Waals surface area contributed by atoms with Gasteiger partial charge in [0.25, 0.3) is 0 Å². The number of aliphatic hydroxyl groups excluding tert-OH is 1. The van der Waals surface area contributed by atoms with Gasteiger partial charge in [0.1, 0.15) is 5.82 Å². The third-order valence-corrected chi connectivity index (χ3v) is 5.75. The van der Waals surface area contributed by atoms with E-state index in [1.54, 1.807) is 0 Å². The van der Waals surface area contributed by atoms with Crippen molar-refractivity contribution in [2.75, 3.05) is 17.6 Å². The van der Waals surface area contributed by atoms with Gasteiger partial charge in [-0.15, -0.1) is 0 Å². The third-order valence-electron chi connectivity index (χ3n) is 4.34. The van der Waals surface area contributed by atoms with Crippen LogP contribution in [-0.4, -0.2) is 38.3 Å². The van der Waals surface area contributed by atoms with Gasteiger partial charge >= 0.3 is 0 Å². The molecule has 0 aliphatic heterocycles. The Kier molecular flexibility index (Phi) is 4.57. The number of thioether (sulfide) groups is 1. The minimum absolute atomic E-state index is 0.0638. The smallest absolute Gasteiger partial charge is 0.132 e. The maximum absolute atomic E-state index is 10.7. The zero-order valence-electron chi connectivity index (χ0n) is 12.7. The molecular formula is C17H22N2O2S. The Labute approximate surface area is 135 Å². The van der Waals surface area contributed by atoms with Crippen LogP contribution in [0.4, 0.5) is 5.82 Å². The molecule has 5 heteroatoms. The highest BCUT2D eigenvalue weighted by molar-refractivity contribution is 8.00. The van der Waals surface area contributed by atoms with Crippen LogP contribution in [0.2, 0.25) is 0 Å². The molecule has 2 unspecified atom stereocenters. The molecule has 0 saturated heterocycles. The molecule has 2 atom stereocenters. The lowest BCUT2D eigenvalue weighted by Gasteiger charge is -2.45. The van der Waals surface area contributed by atoms with E-state index in [1.165, 1.54) is 0 Å². The highest BCUT2D eigenvalue weighted by atomic mass is 32.2. The molecule has 1 saturated carbocycles. The van der Waals surface area contributed by atoms with Gasteiger partial charge in [-0.2, -0.15) is 11.8 Å². The number of nitrogens with one attached hydrogen (secondary N) is 1. The number of anilines is 1. The summed E-state index contributed by atoms with van der Waals surface area (Å²) in [5, 5.41) is 24.8. The van der Waals surface area contributed by atoms with E-state index in [1.807, 2.05) is 42.1 Å². The van der Waals surface area contributed by atoms with Crippen molar-refractivity contribution in [3.8, 4) is 0 Å². The number of aromatic nitrogens is 1. The van der Waals surface area contributed by atoms with E-state index in [2.05, 4.69) is 17.2 Å². The first kappa shape index (κ1) is 15.6. The van der Waals surface area contributed by atoms with Crippen LogP contribution in [0.3, 0.4) is 0 Å². The number of rotatable bonds is 6. The van der Waals surface area contributed by atoms with Crippen LogP contribution in [0.5, 0.6) is 0 Å². The van der Waals surface area contributed by atoms with Gasteiger partial charge in [-0.3, -0.25) is 0 Å². The van der Waals surface area contributed by atoms with Crippen LogP contribution < -0.4 is 5.32 Å². The van der Waals surface area contributed by atoms with Crippen molar-refractivity contribution in [2.24, 2.45) is 0 Å². The molecular weight excluding hydrogens is 296 g/mol. The number of hydrogen-bond donors (Lipinski definition) is 3. The first-order chi connectivity index (χ1) is 10.7. The third kappa shape index (κ3) is 2.93. The molecule has 1 aromatic heterocycles. The maximum Gasteiger partial charge on any atom is 0.132 e. The number of hydrogen-bond acceptors (Lipinski definition) is 5. The lowest BCUT2D eigenvalue weighted by molar-refractivity contribution is -0.0121. The summed E-state index contributed by atoms with van der Waals surface area (Å²) in [6, 6.07) is 9.80. The van der Waals surface area contributed by atoms with E-state index in [0.29, 0.717) is 17.6 Å². The fraction of sp³-hybridized carbons (Fsp3) is 0.471. The summed E-state index contributed by atoms with van der Waals surface area (Å²) in [6.07, 6.45) is 1.88. The normalized spacial score (nSPS) is 24.2. The second-order valence-corrected chi connectivity index (χ2v) is 7.27. The minimum atomic E-state index is -0.666. The molecule has 3 rings (SSSR count). The Morgan fingerprint density at radius 2 is 2.23 bits per heavy atom. The number of fused-ring (bicyclic) bond motifs is 1. The molecule has 2 aromatic rings. The summed E-state index contributed by atoms with van der Waals surface area (Å²) in [5.74, 6) is 1.69. The lowest BCUT2D eigenvalue weighted by atomic mass is 9.79. The summed E-state index contributed by atoms with van der Waals surface area (Å²) in [7, 11) is 0. The monoisotopic (exact) mass is 318 g/mol. The summed E-state index contributed by atoms with van der Waals surface area (Å²) in [6.45, 7) is 2.53. The Morgan fingerprint density at radius 3 is 2.91 bits per heavy atom. The molecule has 0 bridgehead atoms. The van der Waals surface area contributed by atoms with Crippen LogP contribution in [0.1, 0.15) is 25.3 Å². The summed E-state index contributed by atoms with van der Waals surface area (Å²) in [4.78, 5) is 4.59. The Hall–Kier alpha value is -1.30. The second-order valence-electron chi connectivity index (χ2n) is 5.79. The van der Waals surface area contributed by atoms with E-state index in [0.717, 1.165) is 35.1 Å². The van der Waals surface area contributed by atoms with E-state index in [-0.39, 0.29) is 6.61 Å². The molecule has 1 aliphatic carbocycles. The fourth-order valence-corrected chi connectivity index (χ4v) is 4.11. The first-order valence-electron chi connectivity index (χ1n) is 7.73. The van der Waals surface area contributed by atoms with E-state index in [9.17, 15) is 10.2 Å². The number of para-hydroxylation sites is 1. The SMILES string of the molecule is CCSC1CCC1(O)CNc1nc2ccccc2cc1CO. The Balaban J connectivity index is 1.78. The average molecular weight is 318 g/mol. The minimum Gasteiger partial charge on any atom is -0.392 e. The summed E-state index contributed by atoms with van der Waals surface area (Å²) in [5.41, 5.74) is 0.990. The van der Waals surface area contributed by atoms with E-state index >= 15 is 0 Å². The Bertz CT molecular complexity index is 664. The molecule has 0 amide bonds. The van der Waals surface area contributed by atoms with Gasteiger partial charge in [-0.1, -0.05) is 25.1 Å². The number of pyridine rings is 1. The molecule has 1 heterocycles. The van der Waals surface area contributed by atoms with Gasteiger partial charge in [0, 0.05) is 22.7 Å². The topological polar surface area (TPSA) is 65.4 Å². The summed E-state index contributed by atoms with van der Waals surface area (Å²) < 4.78 is 0. The van der Waals surface area contributed by atoms with Gasteiger partial charge in [-0.05, 0) is 30.7 Å². The number of aliphatic hydroxyl groups is 2. The maximum atomic E-state index is 10.7. The highest BCUT2D eigenvalue weighted by Gasteiger charge is 2.45. The standard InChI is InChI=1S/C17H22N2O2S/c1-2-22-15-7-8-17(15,21)11-18-16-13(10-20)9-12-5-3-4-6-14(12)19-16/h3-6,9,15,20-21H,2,7-8,10-11H2,1H3,(H,18,19). The molecule has 1 aromatic carbocycles. The highest BCUT2D eigenvalue weighted by Crippen LogP contribution is 2.41. The number of nitrogens with zero attached hydrogens (tertiary/aromatic N) is 1. The van der Waals surface area contributed by atoms with E-state index < -0.39 is 5.60 Å². The number of benzene rings is 1. The van der Waals surface area contributed by atoms with Crippen LogP contribution in [-0.2, 0) is 6.61 Å². The predicted octanol–water partition coefficient (Wildman–Crippen LogP) is 2.79. The van der Waals surface area contributed by atoms with Gasteiger partial charge in [0.15, 0.2) is 0 Å². The van der Waals surface area contributed by atoms with Crippen molar-refractivity contribution in [1.82, 2.24) is 4.98 Å². The second kappa shape index (κ2) is 6.44. The predicted molar refractivity (Wildman–Crippen MR) is 92.3 cm³/mol. The Morgan fingerprint density at radius 1 is 1.41 bits per heavy atom. The quantitative estimate of drug-likeness (QED) is 0.764. The lowest BCUT2D eigenvalue weighted by Crippen LogP contribution is -2.54. The van der Waals surface area contributed by atoms with Gasteiger partial charge < -0.3 is 15.5 Å². The van der Waals surface area contributed by atoms with Crippen LogP contribution >= 0.6 is 11.8 Å². The molecule has 3 N–H and O–H groups in total.